The van der Waals surface area contributed by atoms with Gasteiger partial charge in [0.15, 0.2) is 0 Å². The number of halogens is 3. The highest BCUT2D eigenvalue weighted by molar-refractivity contribution is 5.96. The number of para-hydroxylation sites is 1. The topological polar surface area (TPSA) is 129 Å². The molecule has 0 spiro atoms. The van der Waals surface area contributed by atoms with Crippen molar-refractivity contribution in [3.8, 4) is 0 Å². The Morgan fingerprint density at radius 2 is 1.06 bits per heavy atom. The molecule has 0 fully saturated rings. The number of anilines is 2. The maximum absolute atomic E-state index is 13.0. The molecule has 2 aromatic carbocycles. The molecule has 0 aliphatic carbocycles. The number of benzene rings is 2. The minimum absolute atomic E-state index is 0.00441. The number of rotatable bonds is 31. The van der Waals surface area contributed by atoms with Crippen LogP contribution in [-0.4, -0.2) is 118 Å². The Morgan fingerprint density at radius 1 is 0.588 bits per heavy atom. The summed E-state index contributed by atoms with van der Waals surface area (Å²) in [6.07, 6.45) is -1.06. The van der Waals surface area contributed by atoms with E-state index in [0.29, 0.717) is 98.0 Å². The van der Waals surface area contributed by atoms with Crippen LogP contribution in [0.15, 0.2) is 48.5 Å². The van der Waals surface area contributed by atoms with E-state index < -0.39 is 17.7 Å². The average molecular weight is 732 g/mol. The van der Waals surface area contributed by atoms with E-state index >= 15 is 0 Å². The molecule has 0 heterocycles. The van der Waals surface area contributed by atoms with E-state index in [0.717, 1.165) is 31.4 Å². The maximum atomic E-state index is 13.0. The number of ether oxygens (including phenoxy) is 9. The van der Waals surface area contributed by atoms with Gasteiger partial charge in [-0.25, -0.2) is 4.79 Å². The van der Waals surface area contributed by atoms with Crippen molar-refractivity contribution in [1.29, 1.82) is 0 Å². The Bertz CT molecular complexity index is 1200. The molecule has 0 bridgehead atoms. The number of hydrogen-bond acceptors (Lipinski definition) is 12. The lowest BCUT2D eigenvalue weighted by Gasteiger charge is -2.13. The van der Waals surface area contributed by atoms with E-state index in [4.69, 9.17) is 42.6 Å². The van der Waals surface area contributed by atoms with Gasteiger partial charge in [0.2, 0.25) is 0 Å². The van der Waals surface area contributed by atoms with Crippen LogP contribution in [0.1, 0.15) is 48.5 Å². The molecule has 0 unspecified atom stereocenters. The Kier molecular flexibility index (Phi) is 24.3. The first-order chi connectivity index (χ1) is 24.8. The lowest BCUT2D eigenvalue weighted by atomic mass is 10.1. The second-order valence-electron chi connectivity index (χ2n) is 10.8. The number of unbranched alkanes of at least 4 members (excludes halogenated alkanes) is 2. The summed E-state index contributed by atoms with van der Waals surface area (Å²) in [5.41, 5.74) is -0.0987. The minimum atomic E-state index is -4.48. The molecule has 0 saturated carbocycles. The lowest BCUT2D eigenvalue weighted by Crippen LogP contribution is -2.16. The molecular formula is C36H52F3NO11. The Morgan fingerprint density at radius 3 is 1.55 bits per heavy atom. The minimum Gasteiger partial charge on any atom is -0.463 e. The molecule has 0 aliphatic rings. The van der Waals surface area contributed by atoms with Crippen LogP contribution in [0.25, 0.3) is 0 Å². The van der Waals surface area contributed by atoms with Gasteiger partial charge in [0.1, 0.15) is 13.2 Å². The van der Waals surface area contributed by atoms with Gasteiger partial charge in [-0.15, -0.1) is 0 Å². The predicted octanol–water partition coefficient (Wildman–Crippen LogP) is 5.85. The monoisotopic (exact) mass is 731 g/mol. The van der Waals surface area contributed by atoms with Crippen LogP contribution in [-0.2, 0) is 53.6 Å². The average Bonchev–Trinajstić information content (AvgIpc) is 3.11. The molecule has 0 aromatic heterocycles. The van der Waals surface area contributed by atoms with Gasteiger partial charge in [-0.3, -0.25) is 4.79 Å². The first kappa shape index (κ1) is 43.9. The van der Waals surface area contributed by atoms with Crippen LogP contribution in [0.2, 0.25) is 0 Å². The van der Waals surface area contributed by atoms with Crippen LogP contribution < -0.4 is 5.32 Å². The summed E-state index contributed by atoms with van der Waals surface area (Å²) in [5, 5.41) is 2.85. The van der Waals surface area contributed by atoms with Gasteiger partial charge in [-0.1, -0.05) is 38.0 Å². The number of esters is 2. The van der Waals surface area contributed by atoms with Gasteiger partial charge in [0, 0.05) is 12.1 Å². The van der Waals surface area contributed by atoms with Crippen molar-refractivity contribution in [3.05, 3.63) is 59.7 Å². The third-order valence-corrected chi connectivity index (χ3v) is 6.78. The van der Waals surface area contributed by atoms with Gasteiger partial charge in [-0.2, -0.15) is 13.2 Å². The molecule has 0 atom stereocenters. The van der Waals surface area contributed by atoms with Crippen molar-refractivity contribution in [2.75, 3.05) is 111 Å². The molecule has 2 rings (SSSR count). The molecule has 0 saturated heterocycles. The van der Waals surface area contributed by atoms with Gasteiger partial charge >= 0.3 is 18.1 Å². The zero-order valence-electron chi connectivity index (χ0n) is 29.4. The SMILES string of the molecule is CCCCCC(=O)OCCOCCOCCOCCOCCOCCOCCOCCOC(=O)c1ccccc1Nc1cccc(C(F)(F)F)c1. The van der Waals surface area contributed by atoms with Gasteiger partial charge in [-0.05, 0) is 36.8 Å². The summed E-state index contributed by atoms with van der Waals surface area (Å²) in [4.78, 5) is 24.0. The van der Waals surface area contributed by atoms with Crippen LogP contribution >= 0.6 is 0 Å². The zero-order chi connectivity index (χ0) is 36.8. The standard InChI is InChI=1S/C36H52F3NO11/c1-2-3-4-12-34(41)50-27-25-48-23-21-46-19-17-44-15-13-43-14-16-45-18-20-47-22-24-49-26-28-51-35(42)32-10-5-6-11-33(32)40-31-9-7-8-30(29-31)36(37,38)39/h5-11,29,40H,2-4,12-28H2,1H3. The molecule has 2 aromatic rings. The first-order valence-corrected chi connectivity index (χ1v) is 17.2. The zero-order valence-corrected chi connectivity index (χ0v) is 29.4. The quantitative estimate of drug-likeness (QED) is 0.0739. The number of carbonyl (C=O) groups excluding carboxylic acids is 2. The number of nitrogens with one attached hydrogen (secondary N) is 1. The van der Waals surface area contributed by atoms with E-state index in [1.165, 1.54) is 18.2 Å². The van der Waals surface area contributed by atoms with E-state index in [1.807, 2.05) is 0 Å². The molecular weight excluding hydrogens is 679 g/mol. The lowest BCUT2D eigenvalue weighted by molar-refractivity contribution is -0.145. The summed E-state index contributed by atoms with van der Waals surface area (Å²) in [7, 11) is 0. The highest BCUT2D eigenvalue weighted by Gasteiger charge is 2.30. The molecule has 0 radical (unpaired) electrons. The van der Waals surface area contributed by atoms with Crippen molar-refractivity contribution in [2.24, 2.45) is 0 Å². The summed E-state index contributed by atoms with van der Waals surface area (Å²) < 4.78 is 87.5. The molecule has 0 amide bonds. The summed E-state index contributed by atoms with van der Waals surface area (Å²) >= 11 is 0. The van der Waals surface area contributed by atoms with Gasteiger partial charge in [0.05, 0.1) is 109 Å². The van der Waals surface area contributed by atoms with Crippen LogP contribution in [0.4, 0.5) is 24.5 Å². The van der Waals surface area contributed by atoms with E-state index in [9.17, 15) is 22.8 Å². The molecule has 12 nitrogen and oxygen atoms in total. The second-order valence-corrected chi connectivity index (χ2v) is 10.8. The number of alkyl halides is 3. The fourth-order valence-electron chi connectivity index (χ4n) is 4.20. The fraction of sp³-hybridized carbons (Fsp3) is 0.611. The fourth-order valence-corrected chi connectivity index (χ4v) is 4.20. The molecule has 51 heavy (non-hydrogen) atoms. The summed E-state index contributed by atoms with van der Waals surface area (Å²) in [6.45, 7) is 7.75. The first-order valence-electron chi connectivity index (χ1n) is 17.2. The van der Waals surface area contributed by atoms with E-state index in [1.54, 1.807) is 18.2 Å². The van der Waals surface area contributed by atoms with Crippen molar-refractivity contribution in [3.63, 3.8) is 0 Å². The Hall–Kier alpha value is -3.31. The van der Waals surface area contributed by atoms with E-state index in [2.05, 4.69) is 12.2 Å². The van der Waals surface area contributed by atoms with E-state index in [-0.39, 0.29) is 37.0 Å². The maximum Gasteiger partial charge on any atom is 0.416 e. The highest BCUT2D eigenvalue weighted by Crippen LogP contribution is 2.32. The van der Waals surface area contributed by atoms with Gasteiger partial charge < -0.3 is 47.9 Å². The second kappa shape index (κ2) is 28.3. The summed E-state index contributed by atoms with van der Waals surface area (Å²) in [5.74, 6) is -0.811. The van der Waals surface area contributed by atoms with Crippen LogP contribution in [0, 0.1) is 0 Å². The van der Waals surface area contributed by atoms with Crippen molar-refractivity contribution in [1.82, 2.24) is 0 Å². The summed E-state index contributed by atoms with van der Waals surface area (Å²) in [6, 6.07) is 11.1. The molecule has 15 heteroatoms. The van der Waals surface area contributed by atoms with Crippen LogP contribution in [0.5, 0.6) is 0 Å². The highest BCUT2D eigenvalue weighted by atomic mass is 19.4. The third-order valence-electron chi connectivity index (χ3n) is 6.78. The molecule has 288 valence electrons. The van der Waals surface area contributed by atoms with Crippen molar-refractivity contribution >= 4 is 23.3 Å². The largest absolute Gasteiger partial charge is 0.463 e. The third kappa shape index (κ3) is 22.3. The Labute approximate surface area is 298 Å². The number of hydrogen-bond donors (Lipinski definition) is 1. The van der Waals surface area contributed by atoms with Gasteiger partial charge in [0.25, 0.3) is 0 Å². The smallest absolute Gasteiger partial charge is 0.416 e. The predicted molar refractivity (Wildman–Crippen MR) is 182 cm³/mol. The molecule has 0 aliphatic heterocycles. The molecule has 1 N–H and O–H groups in total. The normalized spacial score (nSPS) is 11.5. The van der Waals surface area contributed by atoms with Crippen LogP contribution in [0.3, 0.4) is 0 Å². The Balaban J connectivity index is 1.33. The van der Waals surface area contributed by atoms with Crippen molar-refractivity contribution < 1.29 is 65.4 Å². The van der Waals surface area contributed by atoms with Crippen molar-refractivity contribution in [2.45, 2.75) is 38.8 Å². The number of carbonyl (C=O) groups is 2.